The maximum atomic E-state index is 11.2. The van der Waals surface area contributed by atoms with Crippen LogP contribution in [0.3, 0.4) is 0 Å². The van der Waals surface area contributed by atoms with Crippen molar-refractivity contribution in [2.45, 2.75) is 26.8 Å². The number of hydrogen-bond acceptors (Lipinski definition) is 5. The minimum Gasteiger partial charge on any atom is -0.478 e. The highest BCUT2D eigenvalue weighted by Crippen LogP contribution is 2.30. The number of nitrogens with zero attached hydrogens (tertiary/aromatic N) is 1. The van der Waals surface area contributed by atoms with Crippen molar-refractivity contribution in [3.05, 3.63) is 40.8 Å². The van der Waals surface area contributed by atoms with E-state index >= 15 is 0 Å². The zero-order valence-corrected chi connectivity index (χ0v) is 11.6. The van der Waals surface area contributed by atoms with Crippen molar-refractivity contribution < 1.29 is 14.4 Å². The van der Waals surface area contributed by atoms with Crippen LogP contribution in [0.15, 0.2) is 22.7 Å². The third-order valence-electron chi connectivity index (χ3n) is 3.21. The van der Waals surface area contributed by atoms with E-state index in [0.29, 0.717) is 17.1 Å². The molecule has 2 aromatic rings. The summed E-state index contributed by atoms with van der Waals surface area (Å²) in [6.45, 7) is 5.57. The van der Waals surface area contributed by atoms with E-state index in [0.717, 1.165) is 11.3 Å². The predicted octanol–water partition coefficient (Wildman–Crippen LogP) is 2.74. The normalized spacial score (nSPS) is 12.2. The third kappa shape index (κ3) is 2.45. The number of carboxylic acids is 1. The number of nitrogen functional groups attached to an aromatic ring is 1. The lowest BCUT2D eigenvalue weighted by molar-refractivity contribution is 0.0698. The first-order valence-corrected chi connectivity index (χ1v) is 6.23. The molecule has 0 fully saturated rings. The molecule has 0 saturated carbocycles. The summed E-state index contributed by atoms with van der Waals surface area (Å²) >= 11 is 0. The molecule has 0 saturated heterocycles. The van der Waals surface area contributed by atoms with Gasteiger partial charge in [0.25, 0.3) is 0 Å². The second kappa shape index (κ2) is 5.24. The lowest BCUT2D eigenvalue weighted by Gasteiger charge is -2.18. The number of anilines is 2. The number of nitrogens with two attached hydrogens (primary N) is 1. The molecular weight excluding hydrogens is 258 g/mol. The molecule has 6 nitrogen and oxygen atoms in total. The number of carboxylic acid groups (broad SMARTS) is 1. The van der Waals surface area contributed by atoms with E-state index in [2.05, 4.69) is 10.5 Å². The molecule has 20 heavy (non-hydrogen) atoms. The average Bonchev–Trinajstić information content (AvgIpc) is 2.71. The summed E-state index contributed by atoms with van der Waals surface area (Å²) in [7, 11) is 0. The van der Waals surface area contributed by atoms with Crippen molar-refractivity contribution >= 4 is 17.3 Å². The number of benzene rings is 1. The summed E-state index contributed by atoms with van der Waals surface area (Å²) in [5, 5.41) is 16.3. The van der Waals surface area contributed by atoms with Crippen molar-refractivity contribution in [1.82, 2.24) is 5.16 Å². The third-order valence-corrected chi connectivity index (χ3v) is 3.21. The Hall–Kier alpha value is -2.50. The smallest absolute Gasteiger partial charge is 0.337 e. The zero-order valence-electron chi connectivity index (χ0n) is 11.6. The summed E-state index contributed by atoms with van der Waals surface area (Å²) in [6, 6.07) is 4.63. The van der Waals surface area contributed by atoms with Crippen LogP contribution in [0.1, 0.15) is 40.3 Å². The van der Waals surface area contributed by atoms with Crippen molar-refractivity contribution in [1.29, 1.82) is 0 Å². The summed E-state index contributed by atoms with van der Waals surface area (Å²) in [4.78, 5) is 11.2. The SMILES string of the molecule is Cc1noc(C)c1C(C)Nc1c(N)cccc1C(=O)O. The van der Waals surface area contributed by atoms with Crippen LogP contribution >= 0.6 is 0 Å². The lowest BCUT2D eigenvalue weighted by atomic mass is 10.0. The highest BCUT2D eigenvalue weighted by Gasteiger charge is 2.20. The van der Waals surface area contributed by atoms with Crippen molar-refractivity contribution in [2.24, 2.45) is 0 Å². The van der Waals surface area contributed by atoms with Crippen LogP contribution < -0.4 is 11.1 Å². The number of hydrogen-bond donors (Lipinski definition) is 3. The largest absolute Gasteiger partial charge is 0.478 e. The van der Waals surface area contributed by atoms with Crippen LogP contribution in [0.4, 0.5) is 11.4 Å². The van der Waals surface area contributed by atoms with E-state index in [1.165, 1.54) is 6.07 Å². The molecule has 106 valence electrons. The fraction of sp³-hybridized carbons (Fsp3) is 0.286. The van der Waals surface area contributed by atoms with Gasteiger partial charge in [0.05, 0.1) is 28.7 Å². The Bertz CT molecular complexity index is 630. The molecule has 0 radical (unpaired) electrons. The van der Waals surface area contributed by atoms with E-state index in [-0.39, 0.29) is 11.6 Å². The van der Waals surface area contributed by atoms with Gasteiger partial charge < -0.3 is 20.7 Å². The van der Waals surface area contributed by atoms with Gasteiger partial charge in [-0.1, -0.05) is 11.2 Å². The molecule has 0 amide bonds. The molecule has 1 atom stereocenters. The van der Waals surface area contributed by atoms with E-state index in [1.807, 2.05) is 20.8 Å². The Balaban J connectivity index is 2.38. The number of para-hydroxylation sites is 1. The number of nitrogens with one attached hydrogen (secondary N) is 1. The zero-order chi connectivity index (χ0) is 14.9. The van der Waals surface area contributed by atoms with Gasteiger partial charge in [-0.2, -0.15) is 0 Å². The van der Waals surface area contributed by atoms with Gasteiger partial charge >= 0.3 is 5.97 Å². The first-order valence-electron chi connectivity index (χ1n) is 6.23. The highest BCUT2D eigenvalue weighted by atomic mass is 16.5. The monoisotopic (exact) mass is 275 g/mol. The first kappa shape index (κ1) is 13.9. The summed E-state index contributed by atoms with van der Waals surface area (Å²) in [5.74, 6) is -0.320. The lowest BCUT2D eigenvalue weighted by Crippen LogP contribution is -2.13. The van der Waals surface area contributed by atoms with E-state index in [9.17, 15) is 9.90 Å². The molecule has 0 aliphatic carbocycles. The number of aromatic carboxylic acids is 1. The van der Waals surface area contributed by atoms with Gasteiger partial charge in [-0.05, 0) is 32.9 Å². The fourth-order valence-electron chi connectivity index (χ4n) is 2.31. The van der Waals surface area contributed by atoms with Gasteiger partial charge in [-0.25, -0.2) is 4.79 Å². The Morgan fingerprint density at radius 3 is 2.70 bits per heavy atom. The molecule has 4 N–H and O–H groups in total. The van der Waals surface area contributed by atoms with E-state index in [4.69, 9.17) is 10.3 Å². The highest BCUT2D eigenvalue weighted by molar-refractivity contribution is 5.97. The molecule has 6 heteroatoms. The van der Waals surface area contributed by atoms with Crippen LogP contribution in [0, 0.1) is 13.8 Å². The minimum atomic E-state index is -1.02. The maximum Gasteiger partial charge on any atom is 0.337 e. The molecule has 0 spiro atoms. The first-order chi connectivity index (χ1) is 9.41. The average molecular weight is 275 g/mol. The molecule has 2 rings (SSSR count). The Kier molecular flexibility index (Phi) is 3.65. The number of rotatable bonds is 4. The second-order valence-electron chi connectivity index (χ2n) is 4.68. The minimum absolute atomic E-state index is 0.142. The van der Waals surface area contributed by atoms with Crippen LogP contribution in [0.2, 0.25) is 0 Å². The molecule has 1 unspecified atom stereocenters. The maximum absolute atomic E-state index is 11.2. The van der Waals surface area contributed by atoms with Crippen LogP contribution in [-0.2, 0) is 0 Å². The van der Waals surface area contributed by atoms with Crippen molar-refractivity contribution in [3.8, 4) is 0 Å². The number of aromatic nitrogens is 1. The molecule has 0 aliphatic rings. The fourth-order valence-corrected chi connectivity index (χ4v) is 2.31. The van der Waals surface area contributed by atoms with Gasteiger partial charge in [0.15, 0.2) is 0 Å². The van der Waals surface area contributed by atoms with E-state index in [1.54, 1.807) is 12.1 Å². The van der Waals surface area contributed by atoms with Gasteiger partial charge in [-0.3, -0.25) is 0 Å². The van der Waals surface area contributed by atoms with Crippen molar-refractivity contribution in [2.75, 3.05) is 11.1 Å². The van der Waals surface area contributed by atoms with Gasteiger partial charge in [-0.15, -0.1) is 0 Å². The topological polar surface area (TPSA) is 101 Å². The van der Waals surface area contributed by atoms with Crippen LogP contribution in [0.5, 0.6) is 0 Å². The standard InChI is InChI=1S/C14H17N3O3/c1-7(12-8(2)17-20-9(12)3)16-13-10(14(18)19)5-4-6-11(13)15/h4-7,16H,15H2,1-3H3,(H,18,19). The Labute approximate surface area is 116 Å². The van der Waals surface area contributed by atoms with E-state index < -0.39 is 5.97 Å². The molecule has 1 aromatic carbocycles. The number of carbonyl (C=O) groups is 1. The second-order valence-corrected chi connectivity index (χ2v) is 4.68. The predicted molar refractivity (Wildman–Crippen MR) is 75.8 cm³/mol. The van der Waals surface area contributed by atoms with Gasteiger partial charge in [0.2, 0.25) is 0 Å². The molecule has 0 bridgehead atoms. The molecule has 0 aliphatic heterocycles. The molecule has 1 aromatic heterocycles. The van der Waals surface area contributed by atoms with Crippen LogP contribution in [-0.4, -0.2) is 16.2 Å². The van der Waals surface area contributed by atoms with Crippen molar-refractivity contribution in [3.63, 3.8) is 0 Å². The summed E-state index contributed by atoms with van der Waals surface area (Å²) in [6.07, 6.45) is 0. The Morgan fingerprint density at radius 1 is 1.45 bits per heavy atom. The van der Waals surface area contributed by atoms with Gasteiger partial charge in [0.1, 0.15) is 5.76 Å². The quantitative estimate of drug-likeness (QED) is 0.741. The molecule has 1 heterocycles. The number of aryl methyl sites for hydroxylation is 2. The van der Waals surface area contributed by atoms with Gasteiger partial charge in [0, 0.05) is 5.56 Å². The summed E-state index contributed by atoms with van der Waals surface area (Å²) in [5.41, 5.74) is 8.50. The summed E-state index contributed by atoms with van der Waals surface area (Å²) < 4.78 is 5.12. The Morgan fingerprint density at radius 2 is 2.15 bits per heavy atom. The van der Waals surface area contributed by atoms with Crippen LogP contribution in [0.25, 0.3) is 0 Å². The molecular formula is C14H17N3O3.